The van der Waals surface area contributed by atoms with E-state index in [2.05, 4.69) is 10.6 Å². The second kappa shape index (κ2) is 9.62. The minimum absolute atomic E-state index is 0.00911. The van der Waals surface area contributed by atoms with E-state index >= 15 is 0 Å². The molecular weight excluding hydrogens is 312 g/mol. The van der Waals surface area contributed by atoms with Crippen LogP contribution in [0, 0.1) is 13.8 Å². The number of nitrogens with one attached hydrogen (secondary N) is 2. The van der Waals surface area contributed by atoms with Crippen LogP contribution in [0.15, 0.2) is 48.5 Å². The molecule has 132 valence electrons. The maximum absolute atomic E-state index is 11.9. The number of benzene rings is 2. The van der Waals surface area contributed by atoms with Gasteiger partial charge in [-0.3, -0.25) is 9.59 Å². The van der Waals surface area contributed by atoms with Gasteiger partial charge >= 0.3 is 0 Å². The van der Waals surface area contributed by atoms with Gasteiger partial charge in [0.2, 0.25) is 11.8 Å². The summed E-state index contributed by atoms with van der Waals surface area (Å²) in [6.45, 7) is 5.18. The van der Waals surface area contributed by atoms with Gasteiger partial charge in [-0.05, 0) is 31.4 Å². The van der Waals surface area contributed by atoms with Crippen molar-refractivity contribution in [1.82, 2.24) is 10.6 Å². The van der Waals surface area contributed by atoms with Crippen LogP contribution in [0.25, 0.3) is 0 Å². The quantitative estimate of drug-likeness (QED) is 0.727. The van der Waals surface area contributed by atoms with Gasteiger partial charge in [0.1, 0.15) is 0 Å². The Labute approximate surface area is 149 Å². The first-order valence-corrected chi connectivity index (χ1v) is 8.67. The molecule has 4 nitrogen and oxygen atoms in total. The number of amides is 2. The largest absolute Gasteiger partial charge is 0.356 e. The summed E-state index contributed by atoms with van der Waals surface area (Å²) < 4.78 is 0. The summed E-state index contributed by atoms with van der Waals surface area (Å²) in [6, 6.07) is 15.9. The average Bonchev–Trinajstić information content (AvgIpc) is 2.59. The normalized spacial score (nSPS) is 10.3. The van der Waals surface area contributed by atoms with E-state index in [0.29, 0.717) is 25.9 Å². The van der Waals surface area contributed by atoms with E-state index in [1.165, 1.54) is 11.1 Å². The fourth-order valence-corrected chi connectivity index (χ4v) is 2.45. The smallest absolute Gasteiger partial charge is 0.224 e. The van der Waals surface area contributed by atoms with Gasteiger partial charge in [0.05, 0.1) is 12.8 Å². The zero-order valence-corrected chi connectivity index (χ0v) is 15.0. The molecule has 0 fully saturated rings. The predicted octanol–water partition coefficient (Wildman–Crippen LogP) is 2.71. The van der Waals surface area contributed by atoms with E-state index in [-0.39, 0.29) is 11.8 Å². The molecule has 25 heavy (non-hydrogen) atoms. The van der Waals surface area contributed by atoms with E-state index in [0.717, 1.165) is 17.5 Å². The van der Waals surface area contributed by atoms with Crippen molar-refractivity contribution in [1.29, 1.82) is 0 Å². The number of carbonyl (C=O) groups excluding carboxylic acids is 2. The lowest BCUT2D eigenvalue weighted by atomic mass is 10.1. The summed E-state index contributed by atoms with van der Waals surface area (Å²) in [5, 5.41) is 5.77. The Morgan fingerprint density at radius 3 is 1.40 bits per heavy atom. The van der Waals surface area contributed by atoms with E-state index in [1.54, 1.807) is 0 Å². The molecule has 0 atom stereocenters. The Bertz CT molecular complexity index is 629. The third-order valence-corrected chi connectivity index (χ3v) is 3.97. The number of hydrogen-bond acceptors (Lipinski definition) is 2. The molecule has 2 N–H and O–H groups in total. The summed E-state index contributed by atoms with van der Waals surface area (Å²) in [7, 11) is 0. The molecule has 0 heterocycles. The highest BCUT2D eigenvalue weighted by molar-refractivity contribution is 5.79. The van der Waals surface area contributed by atoms with Crippen molar-refractivity contribution >= 4 is 11.8 Å². The van der Waals surface area contributed by atoms with Gasteiger partial charge in [-0.1, -0.05) is 59.7 Å². The lowest BCUT2D eigenvalue weighted by molar-refractivity contribution is -0.120. The maximum Gasteiger partial charge on any atom is 0.224 e. The van der Waals surface area contributed by atoms with E-state index < -0.39 is 0 Å². The van der Waals surface area contributed by atoms with Crippen molar-refractivity contribution in [3.63, 3.8) is 0 Å². The molecule has 0 aliphatic heterocycles. The number of aryl methyl sites for hydroxylation is 2. The fourth-order valence-electron chi connectivity index (χ4n) is 2.45. The summed E-state index contributed by atoms with van der Waals surface area (Å²) in [6.07, 6.45) is 1.50. The molecule has 2 aromatic rings. The van der Waals surface area contributed by atoms with Crippen LogP contribution in [0.2, 0.25) is 0 Å². The third-order valence-electron chi connectivity index (χ3n) is 3.97. The lowest BCUT2D eigenvalue weighted by Crippen LogP contribution is -2.31. The summed E-state index contributed by atoms with van der Waals surface area (Å²) >= 11 is 0. The zero-order valence-electron chi connectivity index (χ0n) is 15.0. The van der Waals surface area contributed by atoms with E-state index in [4.69, 9.17) is 0 Å². The molecule has 0 aliphatic carbocycles. The van der Waals surface area contributed by atoms with E-state index in [9.17, 15) is 9.59 Å². The molecule has 0 aromatic heterocycles. The van der Waals surface area contributed by atoms with Crippen LogP contribution in [-0.2, 0) is 22.4 Å². The van der Waals surface area contributed by atoms with Crippen molar-refractivity contribution in [2.45, 2.75) is 33.1 Å². The minimum atomic E-state index is 0.00911. The number of rotatable bonds is 8. The molecule has 2 amide bonds. The molecule has 0 radical (unpaired) electrons. The molecule has 0 bridgehead atoms. The highest BCUT2D eigenvalue weighted by Gasteiger charge is 2.04. The fraction of sp³-hybridized carbons (Fsp3) is 0.333. The van der Waals surface area contributed by atoms with Crippen LogP contribution >= 0.6 is 0 Å². The second-order valence-corrected chi connectivity index (χ2v) is 6.38. The van der Waals surface area contributed by atoms with Gasteiger partial charge < -0.3 is 10.6 Å². The van der Waals surface area contributed by atoms with Gasteiger partial charge in [-0.25, -0.2) is 0 Å². The Hall–Kier alpha value is -2.62. The molecule has 0 saturated heterocycles. The monoisotopic (exact) mass is 338 g/mol. The van der Waals surface area contributed by atoms with Crippen molar-refractivity contribution in [2.24, 2.45) is 0 Å². The van der Waals surface area contributed by atoms with Crippen LogP contribution in [0.4, 0.5) is 0 Å². The minimum Gasteiger partial charge on any atom is -0.356 e. The second-order valence-electron chi connectivity index (χ2n) is 6.38. The van der Waals surface area contributed by atoms with Crippen LogP contribution in [0.5, 0.6) is 0 Å². The van der Waals surface area contributed by atoms with Crippen molar-refractivity contribution < 1.29 is 9.59 Å². The molecule has 4 heteroatoms. The topological polar surface area (TPSA) is 58.2 Å². The van der Waals surface area contributed by atoms with Crippen LogP contribution in [0.3, 0.4) is 0 Å². The third kappa shape index (κ3) is 7.21. The summed E-state index contributed by atoms with van der Waals surface area (Å²) in [4.78, 5) is 23.7. The van der Waals surface area contributed by atoms with Crippen molar-refractivity contribution in [3.8, 4) is 0 Å². The number of carbonyl (C=O) groups is 2. The van der Waals surface area contributed by atoms with Crippen LogP contribution in [0.1, 0.15) is 28.7 Å². The molecule has 0 spiro atoms. The van der Waals surface area contributed by atoms with Gasteiger partial charge in [0.25, 0.3) is 0 Å². The lowest BCUT2D eigenvalue weighted by Gasteiger charge is -2.07. The van der Waals surface area contributed by atoms with Gasteiger partial charge in [0, 0.05) is 13.1 Å². The molecule has 2 rings (SSSR count). The zero-order chi connectivity index (χ0) is 18.1. The first kappa shape index (κ1) is 18.7. The van der Waals surface area contributed by atoms with Crippen LogP contribution < -0.4 is 10.6 Å². The Balaban J connectivity index is 1.57. The molecule has 0 unspecified atom stereocenters. The Morgan fingerprint density at radius 1 is 0.680 bits per heavy atom. The Kier molecular flexibility index (Phi) is 7.20. The highest BCUT2D eigenvalue weighted by atomic mass is 16.2. The first-order chi connectivity index (χ1) is 12.0. The van der Waals surface area contributed by atoms with E-state index in [1.807, 2.05) is 62.4 Å². The van der Waals surface area contributed by atoms with Crippen molar-refractivity contribution in [3.05, 3.63) is 70.8 Å². The first-order valence-electron chi connectivity index (χ1n) is 8.67. The molecule has 2 aromatic carbocycles. The number of hydrogen-bond donors (Lipinski definition) is 2. The maximum atomic E-state index is 11.9. The van der Waals surface area contributed by atoms with Gasteiger partial charge in [0.15, 0.2) is 0 Å². The molecule has 0 saturated carbocycles. The van der Waals surface area contributed by atoms with Crippen LogP contribution in [-0.4, -0.2) is 24.9 Å². The Morgan fingerprint density at radius 2 is 1.04 bits per heavy atom. The molecular formula is C21H26N2O2. The van der Waals surface area contributed by atoms with Gasteiger partial charge in [-0.2, -0.15) is 0 Å². The van der Waals surface area contributed by atoms with Gasteiger partial charge in [-0.15, -0.1) is 0 Å². The summed E-state index contributed by atoms with van der Waals surface area (Å²) in [5.74, 6) is 0.0182. The standard InChI is InChI=1S/C21H26N2O2/c1-16-4-8-18(9-5-16)14-20(24)22-12-3-13-23-21(25)15-19-10-6-17(2)7-11-19/h4-11H,3,12-15H2,1-2H3,(H,22,24)(H,23,25). The predicted molar refractivity (Wildman–Crippen MR) is 100 cm³/mol. The summed E-state index contributed by atoms with van der Waals surface area (Å²) in [5.41, 5.74) is 4.39. The highest BCUT2D eigenvalue weighted by Crippen LogP contribution is 2.04. The molecule has 0 aliphatic rings. The average molecular weight is 338 g/mol. The SMILES string of the molecule is Cc1ccc(CC(=O)NCCCNC(=O)Cc2ccc(C)cc2)cc1. The van der Waals surface area contributed by atoms with Crippen molar-refractivity contribution in [2.75, 3.05) is 13.1 Å².